The summed E-state index contributed by atoms with van der Waals surface area (Å²) in [4.78, 5) is 18.6. The molecule has 0 saturated carbocycles. The second-order valence-electron chi connectivity index (χ2n) is 4.57. The van der Waals surface area contributed by atoms with Crippen LogP contribution >= 0.6 is 47.5 Å². The lowest BCUT2D eigenvalue weighted by molar-refractivity contribution is 0.0943. The van der Waals surface area contributed by atoms with Gasteiger partial charge in [-0.15, -0.1) is 47.5 Å². The molecule has 3 rings (SSSR count). The normalized spacial score (nSPS) is 16.9. The average molecular weight is 366 g/mol. The number of rotatable bonds is 3. The lowest BCUT2D eigenvalue weighted by Gasteiger charge is -2.09. The highest BCUT2D eigenvalue weighted by Crippen LogP contribution is 2.31. The van der Waals surface area contributed by atoms with Gasteiger partial charge in [-0.05, 0) is 31.3 Å². The van der Waals surface area contributed by atoms with Gasteiger partial charge in [-0.2, -0.15) is 0 Å². The summed E-state index contributed by atoms with van der Waals surface area (Å²) in [6.07, 6.45) is 1.00. The fourth-order valence-electron chi connectivity index (χ4n) is 2.14. The fraction of sp³-hybridized carbons (Fsp3) is 0.385. The summed E-state index contributed by atoms with van der Waals surface area (Å²) in [5.41, 5.74) is 0.817. The third-order valence-electron chi connectivity index (χ3n) is 3.13. The molecule has 8 heteroatoms. The standard InChI is InChI=1S/C13H15N3OS2.2ClH/c1-8-11(12(17)16-9-4-5-14-7-9)19-13(15-8)10-3-2-6-18-10;;/h2-3,6,9,14H,4-5,7H2,1H3,(H,16,17);2*1H. The van der Waals surface area contributed by atoms with E-state index in [9.17, 15) is 4.79 Å². The molecule has 3 heterocycles. The summed E-state index contributed by atoms with van der Waals surface area (Å²) in [6, 6.07) is 4.28. The molecule has 0 aromatic carbocycles. The number of hydrogen-bond acceptors (Lipinski definition) is 5. The Hall–Kier alpha value is -0.660. The molecular formula is C13H17Cl2N3OS2. The highest BCUT2D eigenvalue weighted by atomic mass is 35.5. The molecule has 1 unspecified atom stereocenters. The summed E-state index contributed by atoms with van der Waals surface area (Å²) < 4.78 is 0. The van der Waals surface area contributed by atoms with Crippen LogP contribution in [-0.2, 0) is 0 Å². The minimum absolute atomic E-state index is 0. The molecule has 1 aliphatic rings. The van der Waals surface area contributed by atoms with Gasteiger partial charge in [0, 0.05) is 12.6 Å². The van der Waals surface area contributed by atoms with Crippen molar-refractivity contribution in [2.45, 2.75) is 19.4 Å². The van der Waals surface area contributed by atoms with Gasteiger partial charge < -0.3 is 10.6 Å². The molecule has 1 fully saturated rings. The smallest absolute Gasteiger partial charge is 0.263 e. The first-order valence-corrected chi connectivity index (χ1v) is 7.96. The van der Waals surface area contributed by atoms with Crippen molar-refractivity contribution in [1.29, 1.82) is 0 Å². The van der Waals surface area contributed by atoms with Crippen molar-refractivity contribution in [3.05, 3.63) is 28.1 Å². The first-order valence-electron chi connectivity index (χ1n) is 6.27. The Balaban J connectivity index is 0.00000110. The fourth-order valence-corrected chi connectivity index (χ4v) is 3.91. The van der Waals surface area contributed by atoms with Crippen molar-refractivity contribution < 1.29 is 4.79 Å². The number of carbonyl (C=O) groups excluding carboxylic acids is 1. The molecule has 1 atom stereocenters. The van der Waals surface area contributed by atoms with Crippen LogP contribution in [0.25, 0.3) is 9.88 Å². The van der Waals surface area contributed by atoms with Crippen LogP contribution < -0.4 is 10.6 Å². The zero-order valence-corrected chi connectivity index (χ0v) is 14.7. The van der Waals surface area contributed by atoms with Crippen LogP contribution in [0, 0.1) is 6.92 Å². The van der Waals surface area contributed by atoms with Crippen LogP contribution in [0.3, 0.4) is 0 Å². The first kappa shape index (κ1) is 18.4. The molecule has 2 aromatic heterocycles. The number of hydrogen-bond donors (Lipinski definition) is 2. The lowest BCUT2D eigenvalue weighted by atomic mass is 10.2. The number of amides is 1. The second kappa shape index (κ2) is 8.10. The summed E-state index contributed by atoms with van der Waals surface area (Å²) >= 11 is 3.12. The van der Waals surface area contributed by atoms with Crippen LogP contribution in [-0.4, -0.2) is 30.0 Å². The van der Waals surface area contributed by atoms with E-state index in [1.165, 1.54) is 11.3 Å². The molecular weight excluding hydrogens is 349 g/mol. The van der Waals surface area contributed by atoms with E-state index >= 15 is 0 Å². The molecule has 116 valence electrons. The SMILES string of the molecule is Cc1nc(-c2cccs2)sc1C(=O)NC1CCNC1.Cl.Cl. The van der Waals surface area contributed by atoms with Crippen molar-refractivity contribution in [3.8, 4) is 9.88 Å². The molecule has 2 aromatic rings. The Labute approximate surface area is 144 Å². The van der Waals surface area contributed by atoms with Gasteiger partial charge in [0.25, 0.3) is 5.91 Å². The zero-order valence-electron chi connectivity index (χ0n) is 11.4. The predicted molar refractivity (Wildman–Crippen MR) is 93.4 cm³/mol. The van der Waals surface area contributed by atoms with Crippen molar-refractivity contribution in [1.82, 2.24) is 15.6 Å². The van der Waals surface area contributed by atoms with Gasteiger partial charge in [0.05, 0.1) is 10.6 Å². The van der Waals surface area contributed by atoms with E-state index in [0.717, 1.165) is 40.0 Å². The molecule has 1 aliphatic heterocycles. The van der Waals surface area contributed by atoms with E-state index in [0.29, 0.717) is 0 Å². The van der Waals surface area contributed by atoms with Crippen LogP contribution in [0.15, 0.2) is 17.5 Å². The second-order valence-corrected chi connectivity index (χ2v) is 6.52. The first-order chi connectivity index (χ1) is 9.24. The minimum atomic E-state index is 0. The van der Waals surface area contributed by atoms with Crippen LogP contribution in [0.5, 0.6) is 0 Å². The highest BCUT2D eigenvalue weighted by Gasteiger charge is 2.21. The van der Waals surface area contributed by atoms with Crippen molar-refractivity contribution in [2.24, 2.45) is 0 Å². The van der Waals surface area contributed by atoms with Gasteiger partial charge in [0.2, 0.25) is 0 Å². The predicted octanol–water partition coefficient (Wildman–Crippen LogP) is 3.12. The Morgan fingerprint density at radius 3 is 2.90 bits per heavy atom. The Kier molecular flexibility index (Phi) is 7.09. The number of nitrogens with zero attached hydrogens (tertiary/aromatic N) is 1. The maximum atomic E-state index is 12.2. The molecule has 4 nitrogen and oxygen atoms in total. The van der Waals surface area contributed by atoms with Crippen molar-refractivity contribution >= 4 is 53.4 Å². The number of thiophene rings is 1. The molecule has 0 spiro atoms. The quantitative estimate of drug-likeness (QED) is 0.878. The summed E-state index contributed by atoms with van der Waals surface area (Å²) in [7, 11) is 0. The lowest BCUT2D eigenvalue weighted by Crippen LogP contribution is -2.36. The van der Waals surface area contributed by atoms with Gasteiger partial charge in [0.15, 0.2) is 0 Å². The number of carbonyl (C=O) groups is 1. The molecule has 1 amide bonds. The molecule has 0 radical (unpaired) electrons. The topological polar surface area (TPSA) is 54.0 Å². The van der Waals surface area contributed by atoms with Gasteiger partial charge in [-0.1, -0.05) is 6.07 Å². The Bertz CT molecular complexity index is 580. The third-order valence-corrected chi connectivity index (χ3v) is 5.33. The summed E-state index contributed by atoms with van der Waals surface area (Å²) in [6.45, 7) is 3.74. The molecule has 0 bridgehead atoms. The zero-order chi connectivity index (χ0) is 13.2. The summed E-state index contributed by atoms with van der Waals surface area (Å²) in [5, 5.41) is 9.27. The summed E-state index contributed by atoms with van der Waals surface area (Å²) in [5.74, 6) is 0.00602. The van der Waals surface area contributed by atoms with E-state index in [1.807, 2.05) is 24.4 Å². The maximum absolute atomic E-state index is 12.2. The number of nitrogens with one attached hydrogen (secondary N) is 2. The van der Waals surface area contributed by atoms with Crippen molar-refractivity contribution in [2.75, 3.05) is 13.1 Å². The molecule has 1 saturated heterocycles. The number of aromatic nitrogens is 1. The van der Waals surface area contributed by atoms with Gasteiger partial charge in [0.1, 0.15) is 9.88 Å². The van der Waals surface area contributed by atoms with E-state index < -0.39 is 0 Å². The van der Waals surface area contributed by atoms with Gasteiger partial charge >= 0.3 is 0 Å². The van der Waals surface area contributed by atoms with Crippen LogP contribution in [0.1, 0.15) is 21.8 Å². The Morgan fingerprint density at radius 2 is 2.29 bits per heavy atom. The maximum Gasteiger partial charge on any atom is 0.263 e. The van der Waals surface area contributed by atoms with Gasteiger partial charge in [-0.3, -0.25) is 4.79 Å². The van der Waals surface area contributed by atoms with E-state index in [2.05, 4.69) is 15.6 Å². The molecule has 21 heavy (non-hydrogen) atoms. The number of thiazole rings is 1. The average Bonchev–Trinajstić information content (AvgIpc) is 3.07. The minimum Gasteiger partial charge on any atom is -0.347 e. The van der Waals surface area contributed by atoms with E-state index in [4.69, 9.17) is 0 Å². The van der Waals surface area contributed by atoms with E-state index in [-0.39, 0.29) is 36.8 Å². The van der Waals surface area contributed by atoms with E-state index in [1.54, 1.807) is 11.3 Å². The largest absolute Gasteiger partial charge is 0.347 e. The van der Waals surface area contributed by atoms with Gasteiger partial charge in [-0.25, -0.2) is 4.98 Å². The van der Waals surface area contributed by atoms with Crippen molar-refractivity contribution in [3.63, 3.8) is 0 Å². The molecule has 2 N–H and O–H groups in total. The third kappa shape index (κ3) is 4.17. The molecule has 0 aliphatic carbocycles. The number of aryl methyl sites for hydroxylation is 1. The Morgan fingerprint density at radius 1 is 1.48 bits per heavy atom. The monoisotopic (exact) mass is 365 g/mol. The van der Waals surface area contributed by atoms with Crippen LogP contribution in [0.4, 0.5) is 0 Å². The number of halogens is 2. The highest BCUT2D eigenvalue weighted by molar-refractivity contribution is 7.22. The van der Waals surface area contributed by atoms with Crippen LogP contribution in [0.2, 0.25) is 0 Å².